The van der Waals surface area contributed by atoms with Gasteiger partial charge in [-0.25, -0.2) is 9.97 Å². The van der Waals surface area contributed by atoms with E-state index in [0.29, 0.717) is 5.95 Å². The molecule has 0 aliphatic carbocycles. The van der Waals surface area contributed by atoms with E-state index in [2.05, 4.69) is 89.5 Å². The summed E-state index contributed by atoms with van der Waals surface area (Å²) in [5, 5.41) is 8.28. The first-order valence-electron chi connectivity index (χ1n) is 13.7. The molecule has 1 aliphatic heterocycles. The van der Waals surface area contributed by atoms with E-state index in [1.54, 1.807) is 0 Å². The van der Waals surface area contributed by atoms with E-state index in [-0.39, 0.29) is 0 Å². The highest BCUT2D eigenvalue weighted by Gasteiger charge is 2.26. The number of hydrogen-bond donors (Lipinski definition) is 0. The fourth-order valence-electron chi connectivity index (χ4n) is 6.63. The molecule has 190 valence electrons. The summed E-state index contributed by atoms with van der Waals surface area (Å²) in [5.41, 5.74) is 5.04. The molecule has 4 nitrogen and oxygen atoms in total. The Morgan fingerprint density at radius 2 is 1.32 bits per heavy atom. The maximum atomic E-state index is 6.28. The summed E-state index contributed by atoms with van der Waals surface area (Å²) in [4.78, 5) is 10.6. The SMILES string of the molecule is c1ccc2c(c1)Oc1cccc3nc(-n4c5c6ccccc6ccc5c5ccc6c7ccccc7sc6c54)nc-2c13. The van der Waals surface area contributed by atoms with Crippen LogP contribution in [-0.2, 0) is 0 Å². The summed E-state index contributed by atoms with van der Waals surface area (Å²) in [6.07, 6.45) is 0. The standard InChI is InChI=1S/C36H19N3OS/c1-2-9-21-20(8-1)16-17-23-24-18-19-25-22-10-4-6-15-30(22)41-35(25)34(24)39(33(21)23)36-37-27-12-7-14-29-31(27)32(38-36)26-11-3-5-13-28(26)40-29/h1-19H. The van der Waals surface area contributed by atoms with Crippen molar-refractivity contribution < 1.29 is 4.74 Å². The van der Waals surface area contributed by atoms with Gasteiger partial charge in [0.05, 0.1) is 32.3 Å². The zero-order chi connectivity index (χ0) is 26.7. The van der Waals surface area contributed by atoms with Gasteiger partial charge in [-0.2, -0.15) is 0 Å². The molecule has 4 heterocycles. The number of thiophene rings is 1. The van der Waals surface area contributed by atoms with Crippen molar-refractivity contribution in [3.63, 3.8) is 0 Å². The molecule has 41 heavy (non-hydrogen) atoms. The van der Waals surface area contributed by atoms with E-state index < -0.39 is 0 Å². The molecular formula is C36H19N3OS. The van der Waals surface area contributed by atoms with Crippen LogP contribution in [0.2, 0.25) is 0 Å². The number of benzene rings is 6. The van der Waals surface area contributed by atoms with Crippen LogP contribution in [0.1, 0.15) is 0 Å². The summed E-state index contributed by atoms with van der Waals surface area (Å²) in [6, 6.07) is 40.5. The molecule has 5 heteroatoms. The van der Waals surface area contributed by atoms with E-state index in [4.69, 9.17) is 14.7 Å². The van der Waals surface area contributed by atoms with Gasteiger partial charge in [0.25, 0.3) is 0 Å². The molecule has 9 aromatic rings. The van der Waals surface area contributed by atoms with Crippen LogP contribution in [0.5, 0.6) is 11.5 Å². The molecule has 0 bridgehead atoms. The minimum absolute atomic E-state index is 0.669. The molecule has 10 rings (SSSR count). The van der Waals surface area contributed by atoms with Gasteiger partial charge in [-0.05, 0) is 35.7 Å². The predicted molar refractivity (Wildman–Crippen MR) is 170 cm³/mol. The highest BCUT2D eigenvalue weighted by molar-refractivity contribution is 7.26. The smallest absolute Gasteiger partial charge is 0.235 e. The van der Waals surface area contributed by atoms with Crippen LogP contribution in [0.3, 0.4) is 0 Å². The van der Waals surface area contributed by atoms with E-state index in [0.717, 1.165) is 44.7 Å². The molecule has 3 aromatic heterocycles. The van der Waals surface area contributed by atoms with E-state index >= 15 is 0 Å². The van der Waals surface area contributed by atoms with Crippen molar-refractivity contribution in [2.24, 2.45) is 0 Å². The third-order valence-electron chi connectivity index (χ3n) is 8.39. The lowest BCUT2D eigenvalue weighted by Gasteiger charge is -2.21. The fraction of sp³-hybridized carbons (Fsp3) is 0. The van der Waals surface area contributed by atoms with Crippen LogP contribution in [-0.4, -0.2) is 14.5 Å². The Bertz CT molecular complexity index is 2580. The number of fused-ring (bicyclic) bond motifs is 11. The molecule has 0 radical (unpaired) electrons. The molecular weight excluding hydrogens is 522 g/mol. The summed E-state index contributed by atoms with van der Waals surface area (Å²) < 4.78 is 11.1. The van der Waals surface area contributed by atoms with Crippen molar-refractivity contribution in [3.8, 4) is 28.7 Å². The third-order valence-corrected chi connectivity index (χ3v) is 9.59. The van der Waals surface area contributed by atoms with Gasteiger partial charge >= 0.3 is 0 Å². The molecule has 0 N–H and O–H groups in total. The number of nitrogens with zero attached hydrogens (tertiary/aromatic N) is 3. The van der Waals surface area contributed by atoms with Crippen LogP contribution in [0.15, 0.2) is 115 Å². The molecule has 0 amide bonds. The van der Waals surface area contributed by atoms with Crippen molar-refractivity contribution >= 4 is 75.0 Å². The van der Waals surface area contributed by atoms with Crippen molar-refractivity contribution in [2.45, 2.75) is 0 Å². The van der Waals surface area contributed by atoms with Gasteiger partial charge < -0.3 is 4.74 Å². The minimum Gasteiger partial charge on any atom is -0.456 e. The molecule has 6 aromatic carbocycles. The first-order valence-corrected chi connectivity index (χ1v) is 14.5. The van der Waals surface area contributed by atoms with Crippen LogP contribution in [0.25, 0.3) is 80.9 Å². The number of para-hydroxylation sites is 1. The van der Waals surface area contributed by atoms with Crippen LogP contribution < -0.4 is 4.74 Å². The van der Waals surface area contributed by atoms with Crippen molar-refractivity contribution in [1.29, 1.82) is 0 Å². The Labute approximate surface area is 237 Å². The number of ether oxygens (including phenoxy) is 1. The van der Waals surface area contributed by atoms with Gasteiger partial charge in [0, 0.05) is 37.2 Å². The van der Waals surface area contributed by atoms with Gasteiger partial charge in [0.2, 0.25) is 5.95 Å². The zero-order valence-corrected chi connectivity index (χ0v) is 22.4. The maximum absolute atomic E-state index is 6.28. The Morgan fingerprint density at radius 3 is 2.29 bits per heavy atom. The van der Waals surface area contributed by atoms with Crippen molar-refractivity contribution in [2.75, 3.05) is 0 Å². The van der Waals surface area contributed by atoms with Gasteiger partial charge in [-0.15, -0.1) is 11.3 Å². The average Bonchev–Trinajstić information content (AvgIpc) is 3.57. The van der Waals surface area contributed by atoms with Gasteiger partial charge in [-0.1, -0.05) is 84.9 Å². The lowest BCUT2D eigenvalue weighted by atomic mass is 10.0. The normalized spacial score (nSPS) is 12.6. The fourth-order valence-corrected chi connectivity index (χ4v) is 7.87. The lowest BCUT2D eigenvalue weighted by molar-refractivity contribution is 0.486. The lowest BCUT2D eigenvalue weighted by Crippen LogP contribution is -2.06. The quantitative estimate of drug-likeness (QED) is 0.208. The summed E-state index contributed by atoms with van der Waals surface area (Å²) in [7, 11) is 0. The topological polar surface area (TPSA) is 39.9 Å². The number of hydrogen-bond acceptors (Lipinski definition) is 4. The zero-order valence-electron chi connectivity index (χ0n) is 21.6. The first kappa shape index (κ1) is 21.5. The van der Waals surface area contributed by atoms with Gasteiger partial charge in [0.1, 0.15) is 11.5 Å². The number of aromatic nitrogens is 3. The molecule has 0 saturated heterocycles. The van der Waals surface area contributed by atoms with E-state index in [9.17, 15) is 0 Å². The molecule has 1 aliphatic rings. The first-order chi connectivity index (χ1) is 20.3. The van der Waals surface area contributed by atoms with Crippen LogP contribution >= 0.6 is 11.3 Å². The second-order valence-corrected chi connectivity index (χ2v) is 11.6. The minimum atomic E-state index is 0.669. The molecule has 0 atom stereocenters. The second kappa shape index (κ2) is 7.68. The molecule has 0 spiro atoms. The van der Waals surface area contributed by atoms with Crippen molar-refractivity contribution in [1.82, 2.24) is 14.5 Å². The largest absolute Gasteiger partial charge is 0.456 e. The third kappa shape index (κ3) is 2.78. The summed E-state index contributed by atoms with van der Waals surface area (Å²) >= 11 is 1.84. The maximum Gasteiger partial charge on any atom is 0.235 e. The van der Waals surface area contributed by atoms with Gasteiger partial charge in [-0.3, -0.25) is 4.57 Å². The van der Waals surface area contributed by atoms with Crippen molar-refractivity contribution in [3.05, 3.63) is 115 Å². The number of rotatable bonds is 1. The molecule has 0 fully saturated rings. The Hall–Kier alpha value is -5.26. The Kier molecular flexibility index (Phi) is 4.04. The van der Waals surface area contributed by atoms with Crippen LogP contribution in [0.4, 0.5) is 0 Å². The summed E-state index contributed by atoms with van der Waals surface area (Å²) in [6.45, 7) is 0. The Balaban J connectivity index is 1.45. The molecule has 0 unspecified atom stereocenters. The highest BCUT2D eigenvalue weighted by Crippen LogP contribution is 2.47. The second-order valence-electron chi connectivity index (χ2n) is 10.6. The Morgan fingerprint density at radius 1 is 0.561 bits per heavy atom. The highest BCUT2D eigenvalue weighted by atomic mass is 32.1. The monoisotopic (exact) mass is 541 g/mol. The average molecular weight is 542 g/mol. The van der Waals surface area contributed by atoms with Crippen LogP contribution in [0, 0.1) is 0 Å². The van der Waals surface area contributed by atoms with E-state index in [1.807, 2.05) is 41.7 Å². The molecule has 0 saturated carbocycles. The predicted octanol–water partition coefficient (Wildman–Crippen LogP) is 10.0. The summed E-state index contributed by atoms with van der Waals surface area (Å²) in [5.74, 6) is 2.28. The van der Waals surface area contributed by atoms with E-state index in [1.165, 1.54) is 41.7 Å². The van der Waals surface area contributed by atoms with Gasteiger partial charge in [0.15, 0.2) is 0 Å².